The van der Waals surface area contributed by atoms with Gasteiger partial charge in [-0.3, -0.25) is 4.79 Å². The Labute approximate surface area is 157 Å². The quantitative estimate of drug-likeness (QED) is 0.855. The van der Waals surface area contributed by atoms with E-state index >= 15 is 0 Å². The number of nitrogens with zero attached hydrogens (tertiary/aromatic N) is 3. The van der Waals surface area contributed by atoms with Gasteiger partial charge < -0.3 is 20.1 Å². The van der Waals surface area contributed by atoms with Gasteiger partial charge in [0.25, 0.3) is 5.91 Å². The number of hydrogen-bond donors (Lipinski definition) is 2. The first-order valence-corrected chi connectivity index (χ1v) is 9.46. The zero-order valence-corrected chi connectivity index (χ0v) is 15.1. The Bertz CT molecular complexity index is 858. The van der Waals surface area contributed by atoms with Crippen molar-refractivity contribution < 1.29 is 9.59 Å². The Morgan fingerprint density at radius 1 is 1.11 bits per heavy atom. The molecule has 7 heteroatoms. The van der Waals surface area contributed by atoms with Gasteiger partial charge in [-0.25, -0.2) is 4.79 Å². The molecule has 2 fully saturated rings. The number of H-pyrrole nitrogens is 1. The number of para-hydroxylation sites is 1. The van der Waals surface area contributed by atoms with Gasteiger partial charge in [-0.2, -0.15) is 5.26 Å². The van der Waals surface area contributed by atoms with E-state index in [4.69, 9.17) is 5.26 Å². The lowest BCUT2D eigenvalue weighted by atomic mass is 10.1. The van der Waals surface area contributed by atoms with Gasteiger partial charge in [0.15, 0.2) is 0 Å². The summed E-state index contributed by atoms with van der Waals surface area (Å²) in [6, 6.07) is 12.0. The topological polar surface area (TPSA) is 92.2 Å². The maximum absolute atomic E-state index is 12.7. The number of piperazine rings is 1. The molecule has 0 unspecified atom stereocenters. The number of urea groups is 1. The van der Waals surface area contributed by atoms with Crippen molar-refractivity contribution in [1.29, 1.82) is 5.26 Å². The van der Waals surface area contributed by atoms with Gasteiger partial charge in [0.1, 0.15) is 5.69 Å². The SMILES string of the molecule is N#C[C@H]1CC[C@@H](NC(=O)N2CCN(C(=O)c3cc4ccccc4[nH]3)CC2)C1. The molecule has 2 N–H and O–H groups in total. The van der Waals surface area contributed by atoms with Crippen LogP contribution in [0.25, 0.3) is 10.9 Å². The van der Waals surface area contributed by atoms with Crippen molar-refractivity contribution in [2.45, 2.75) is 25.3 Å². The highest BCUT2D eigenvalue weighted by molar-refractivity contribution is 5.98. The zero-order valence-electron chi connectivity index (χ0n) is 15.1. The molecule has 1 aliphatic carbocycles. The molecule has 2 aliphatic rings. The molecule has 0 radical (unpaired) electrons. The number of carbonyl (C=O) groups is 2. The van der Waals surface area contributed by atoms with Crippen LogP contribution < -0.4 is 5.32 Å². The lowest BCUT2D eigenvalue weighted by Gasteiger charge is -2.35. The minimum Gasteiger partial charge on any atom is -0.351 e. The van der Waals surface area contributed by atoms with Crippen LogP contribution in [0.2, 0.25) is 0 Å². The van der Waals surface area contributed by atoms with Crippen molar-refractivity contribution in [2.75, 3.05) is 26.2 Å². The van der Waals surface area contributed by atoms with Crippen LogP contribution in [0.15, 0.2) is 30.3 Å². The molecule has 1 aromatic heterocycles. The van der Waals surface area contributed by atoms with E-state index in [0.717, 1.165) is 30.2 Å². The summed E-state index contributed by atoms with van der Waals surface area (Å²) in [7, 11) is 0. The lowest BCUT2D eigenvalue weighted by Crippen LogP contribution is -2.54. The van der Waals surface area contributed by atoms with E-state index in [9.17, 15) is 9.59 Å². The van der Waals surface area contributed by atoms with Gasteiger partial charge in [0, 0.05) is 49.0 Å². The molecule has 140 valence electrons. The predicted octanol–water partition coefficient (Wildman–Crippen LogP) is 2.33. The second kappa shape index (κ2) is 7.31. The third-order valence-electron chi connectivity index (χ3n) is 5.56. The summed E-state index contributed by atoms with van der Waals surface area (Å²) in [4.78, 5) is 31.9. The van der Waals surface area contributed by atoms with Crippen LogP contribution in [0.3, 0.4) is 0 Å². The highest BCUT2D eigenvalue weighted by Crippen LogP contribution is 2.25. The fourth-order valence-corrected chi connectivity index (χ4v) is 3.97. The molecular formula is C20H23N5O2. The highest BCUT2D eigenvalue weighted by Gasteiger charge is 2.29. The molecule has 0 spiro atoms. The predicted molar refractivity (Wildman–Crippen MR) is 101 cm³/mol. The molecule has 0 bridgehead atoms. The average molecular weight is 365 g/mol. The van der Waals surface area contributed by atoms with E-state index in [1.165, 1.54) is 0 Å². The van der Waals surface area contributed by atoms with E-state index in [1.54, 1.807) is 9.80 Å². The van der Waals surface area contributed by atoms with Gasteiger partial charge >= 0.3 is 6.03 Å². The van der Waals surface area contributed by atoms with Crippen molar-refractivity contribution >= 4 is 22.8 Å². The smallest absolute Gasteiger partial charge is 0.317 e. The Morgan fingerprint density at radius 3 is 2.56 bits per heavy atom. The minimum absolute atomic E-state index is 0.0288. The number of nitriles is 1. The first-order chi connectivity index (χ1) is 13.1. The van der Waals surface area contributed by atoms with Crippen LogP contribution in [0, 0.1) is 17.2 Å². The first-order valence-electron chi connectivity index (χ1n) is 9.46. The summed E-state index contributed by atoms with van der Waals surface area (Å²) in [6.07, 6.45) is 2.46. The van der Waals surface area contributed by atoms with Gasteiger partial charge in [0.05, 0.1) is 6.07 Å². The average Bonchev–Trinajstić information content (AvgIpc) is 3.34. The van der Waals surface area contributed by atoms with Crippen LogP contribution in [0.1, 0.15) is 29.8 Å². The standard InChI is InChI=1S/C20H23N5O2/c21-13-14-5-6-16(11-14)22-20(27)25-9-7-24(8-10-25)19(26)18-12-15-3-1-2-4-17(15)23-18/h1-4,12,14,16,23H,5-11H2,(H,22,27)/t14-,16+/m0/s1. The minimum atomic E-state index is -0.0868. The molecule has 7 nitrogen and oxygen atoms in total. The van der Waals surface area contributed by atoms with E-state index in [-0.39, 0.29) is 23.9 Å². The van der Waals surface area contributed by atoms with Crippen molar-refractivity contribution in [2.24, 2.45) is 5.92 Å². The Hall–Kier alpha value is -3.01. The van der Waals surface area contributed by atoms with Crippen molar-refractivity contribution in [3.05, 3.63) is 36.0 Å². The van der Waals surface area contributed by atoms with Crippen molar-refractivity contribution in [3.63, 3.8) is 0 Å². The Morgan fingerprint density at radius 2 is 1.85 bits per heavy atom. The fraction of sp³-hybridized carbons (Fsp3) is 0.450. The second-order valence-corrected chi connectivity index (χ2v) is 7.34. The number of hydrogen-bond acceptors (Lipinski definition) is 3. The third kappa shape index (κ3) is 3.61. The second-order valence-electron chi connectivity index (χ2n) is 7.34. The zero-order chi connectivity index (χ0) is 18.8. The largest absolute Gasteiger partial charge is 0.351 e. The number of aromatic amines is 1. The molecule has 2 atom stereocenters. The molecule has 1 saturated carbocycles. The van der Waals surface area contributed by atoms with Crippen LogP contribution >= 0.6 is 0 Å². The van der Waals surface area contributed by atoms with E-state index in [0.29, 0.717) is 31.9 Å². The summed E-state index contributed by atoms with van der Waals surface area (Å²) < 4.78 is 0. The van der Waals surface area contributed by atoms with Crippen LogP contribution in [0.5, 0.6) is 0 Å². The number of carbonyl (C=O) groups excluding carboxylic acids is 2. The molecule has 1 aromatic carbocycles. The van der Waals surface area contributed by atoms with Crippen LogP contribution in [-0.2, 0) is 0 Å². The molecule has 1 saturated heterocycles. The first kappa shape index (κ1) is 17.4. The van der Waals surface area contributed by atoms with Gasteiger partial charge in [-0.1, -0.05) is 18.2 Å². The summed E-state index contributed by atoms with van der Waals surface area (Å²) in [5, 5.41) is 13.0. The van der Waals surface area contributed by atoms with Crippen LogP contribution in [0.4, 0.5) is 4.79 Å². The molecule has 4 rings (SSSR count). The van der Waals surface area contributed by atoms with E-state index < -0.39 is 0 Å². The van der Waals surface area contributed by atoms with E-state index in [2.05, 4.69) is 16.4 Å². The monoisotopic (exact) mass is 365 g/mol. The third-order valence-corrected chi connectivity index (χ3v) is 5.56. The van der Waals surface area contributed by atoms with Crippen LogP contribution in [-0.4, -0.2) is 58.9 Å². The van der Waals surface area contributed by atoms with Gasteiger partial charge in [0.2, 0.25) is 0 Å². The highest BCUT2D eigenvalue weighted by atomic mass is 16.2. The number of benzene rings is 1. The number of aromatic nitrogens is 1. The summed E-state index contributed by atoms with van der Waals surface area (Å²) in [6.45, 7) is 2.08. The molecule has 1 aliphatic heterocycles. The van der Waals surface area contributed by atoms with Gasteiger partial charge in [-0.15, -0.1) is 0 Å². The van der Waals surface area contributed by atoms with Gasteiger partial charge in [-0.05, 0) is 31.4 Å². The summed E-state index contributed by atoms with van der Waals surface area (Å²) in [5.41, 5.74) is 1.54. The summed E-state index contributed by atoms with van der Waals surface area (Å²) in [5.74, 6) is 0.0278. The Kier molecular flexibility index (Phi) is 4.71. The number of fused-ring (bicyclic) bond motifs is 1. The summed E-state index contributed by atoms with van der Waals surface area (Å²) >= 11 is 0. The molecule has 3 amide bonds. The maximum Gasteiger partial charge on any atom is 0.317 e. The Balaban J connectivity index is 1.31. The normalized spacial score (nSPS) is 22.6. The molecule has 2 aromatic rings. The number of amides is 3. The maximum atomic E-state index is 12.7. The van der Waals surface area contributed by atoms with Crippen molar-refractivity contribution in [1.82, 2.24) is 20.1 Å². The number of nitrogens with one attached hydrogen (secondary N) is 2. The number of rotatable bonds is 2. The fourth-order valence-electron chi connectivity index (χ4n) is 3.97. The molecule has 2 heterocycles. The lowest BCUT2D eigenvalue weighted by molar-refractivity contribution is 0.0658. The van der Waals surface area contributed by atoms with E-state index in [1.807, 2.05) is 30.3 Å². The van der Waals surface area contributed by atoms with Crippen molar-refractivity contribution in [3.8, 4) is 6.07 Å². The molecule has 27 heavy (non-hydrogen) atoms. The molecular weight excluding hydrogens is 342 g/mol.